The van der Waals surface area contributed by atoms with Gasteiger partial charge in [-0.3, -0.25) is 9.78 Å². The molecule has 0 atom stereocenters. The fourth-order valence-corrected chi connectivity index (χ4v) is 2.83. The van der Waals surface area contributed by atoms with Crippen molar-refractivity contribution in [2.24, 2.45) is 0 Å². The van der Waals surface area contributed by atoms with E-state index in [0.29, 0.717) is 18.7 Å². The van der Waals surface area contributed by atoms with Crippen LogP contribution in [0.25, 0.3) is 0 Å². The summed E-state index contributed by atoms with van der Waals surface area (Å²) in [6.45, 7) is 7.17. The van der Waals surface area contributed by atoms with Crippen LogP contribution in [-0.4, -0.2) is 47.0 Å². The second-order valence-corrected chi connectivity index (χ2v) is 5.67. The van der Waals surface area contributed by atoms with Crippen LogP contribution in [0.15, 0.2) is 36.8 Å². The first-order valence-electron chi connectivity index (χ1n) is 7.52. The summed E-state index contributed by atoms with van der Waals surface area (Å²) in [6.07, 6.45) is 5.20. The average Bonchev–Trinajstić information content (AvgIpc) is 2.55. The van der Waals surface area contributed by atoms with E-state index in [1.165, 1.54) is 11.1 Å². The highest BCUT2D eigenvalue weighted by Gasteiger charge is 2.23. The van der Waals surface area contributed by atoms with Gasteiger partial charge in [-0.2, -0.15) is 0 Å². The normalized spacial score (nSPS) is 15.0. The smallest absolute Gasteiger partial charge is 0.255 e. The molecule has 1 aliphatic heterocycles. The van der Waals surface area contributed by atoms with Crippen LogP contribution in [0.5, 0.6) is 0 Å². The van der Waals surface area contributed by atoms with E-state index in [-0.39, 0.29) is 5.91 Å². The van der Waals surface area contributed by atoms with Gasteiger partial charge in [-0.05, 0) is 37.1 Å². The van der Waals surface area contributed by atoms with Gasteiger partial charge in [-0.1, -0.05) is 6.07 Å². The molecule has 2 aromatic heterocycles. The molecule has 0 aliphatic carbocycles. The van der Waals surface area contributed by atoms with Crippen LogP contribution in [0.1, 0.15) is 21.5 Å². The zero-order valence-electron chi connectivity index (χ0n) is 13.0. The number of aryl methyl sites for hydroxylation is 2. The summed E-state index contributed by atoms with van der Waals surface area (Å²) < 4.78 is 0. The molecule has 1 fully saturated rings. The fraction of sp³-hybridized carbons (Fsp3) is 0.353. The van der Waals surface area contributed by atoms with Gasteiger partial charge in [-0.15, -0.1) is 0 Å². The largest absolute Gasteiger partial charge is 0.353 e. The van der Waals surface area contributed by atoms with Crippen molar-refractivity contribution >= 4 is 11.7 Å². The maximum Gasteiger partial charge on any atom is 0.255 e. The summed E-state index contributed by atoms with van der Waals surface area (Å²) in [4.78, 5) is 25.1. The summed E-state index contributed by atoms with van der Waals surface area (Å²) in [5.41, 5.74) is 3.01. The van der Waals surface area contributed by atoms with Gasteiger partial charge in [0.25, 0.3) is 5.91 Å². The van der Waals surface area contributed by atoms with E-state index in [0.717, 1.165) is 18.9 Å². The minimum Gasteiger partial charge on any atom is -0.353 e. The number of aromatic nitrogens is 2. The lowest BCUT2D eigenvalue weighted by molar-refractivity contribution is 0.0746. The third-order valence-electron chi connectivity index (χ3n) is 3.96. The van der Waals surface area contributed by atoms with Crippen LogP contribution in [0.4, 0.5) is 5.82 Å². The zero-order valence-corrected chi connectivity index (χ0v) is 13.0. The number of anilines is 1. The van der Waals surface area contributed by atoms with Crippen LogP contribution < -0.4 is 4.90 Å². The van der Waals surface area contributed by atoms with Crippen molar-refractivity contribution in [2.75, 3.05) is 31.1 Å². The van der Waals surface area contributed by atoms with Crippen LogP contribution in [-0.2, 0) is 0 Å². The summed E-state index contributed by atoms with van der Waals surface area (Å²) in [6, 6.07) is 5.76. The molecule has 5 heteroatoms. The van der Waals surface area contributed by atoms with Crippen molar-refractivity contribution in [3.8, 4) is 0 Å². The lowest BCUT2D eigenvalue weighted by atomic mass is 10.2. The molecule has 5 nitrogen and oxygen atoms in total. The number of pyridine rings is 2. The van der Waals surface area contributed by atoms with E-state index in [1.807, 2.05) is 24.1 Å². The number of piperazine rings is 1. The Bertz CT molecular complexity index is 664. The number of rotatable bonds is 2. The quantitative estimate of drug-likeness (QED) is 0.851. The van der Waals surface area contributed by atoms with Gasteiger partial charge in [0.2, 0.25) is 0 Å². The Hall–Kier alpha value is -2.43. The maximum absolute atomic E-state index is 12.4. The summed E-state index contributed by atoms with van der Waals surface area (Å²) in [7, 11) is 0. The molecule has 0 unspecified atom stereocenters. The molecule has 2 aromatic rings. The molecule has 0 aromatic carbocycles. The Labute approximate surface area is 130 Å². The van der Waals surface area contributed by atoms with Crippen LogP contribution in [0.3, 0.4) is 0 Å². The molecule has 0 N–H and O–H groups in total. The van der Waals surface area contributed by atoms with Gasteiger partial charge in [0, 0.05) is 44.8 Å². The number of carbonyl (C=O) groups is 1. The molecule has 0 spiro atoms. The molecule has 0 saturated carbocycles. The molecule has 114 valence electrons. The van der Waals surface area contributed by atoms with E-state index in [4.69, 9.17) is 0 Å². The number of nitrogens with zero attached hydrogens (tertiary/aromatic N) is 4. The molecule has 3 heterocycles. The third kappa shape index (κ3) is 2.93. The molecular formula is C17H20N4O. The number of hydrogen-bond acceptors (Lipinski definition) is 4. The standard InChI is InChI=1S/C17H20N4O/c1-13-10-14(2)16(19-11-13)20-6-8-21(9-7-20)17(22)15-4-3-5-18-12-15/h3-5,10-12H,6-9H2,1-2H3. The topological polar surface area (TPSA) is 49.3 Å². The molecular weight excluding hydrogens is 276 g/mol. The van der Waals surface area contributed by atoms with Gasteiger partial charge in [0.15, 0.2) is 0 Å². The van der Waals surface area contributed by atoms with Crippen LogP contribution in [0.2, 0.25) is 0 Å². The first kappa shape index (κ1) is 14.5. The number of carbonyl (C=O) groups excluding carboxylic acids is 1. The molecule has 1 amide bonds. The Morgan fingerprint density at radius 3 is 2.55 bits per heavy atom. The van der Waals surface area contributed by atoms with Crippen molar-refractivity contribution in [3.63, 3.8) is 0 Å². The van der Waals surface area contributed by atoms with Gasteiger partial charge in [0.1, 0.15) is 5.82 Å². The predicted molar refractivity (Wildman–Crippen MR) is 86.1 cm³/mol. The Morgan fingerprint density at radius 1 is 1.14 bits per heavy atom. The highest BCUT2D eigenvalue weighted by atomic mass is 16.2. The Morgan fingerprint density at radius 2 is 1.91 bits per heavy atom. The van der Waals surface area contributed by atoms with Gasteiger partial charge in [0.05, 0.1) is 5.56 Å². The van der Waals surface area contributed by atoms with Crippen LogP contribution in [0, 0.1) is 13.8 Å². The Balaban J connectivity index is 1.66. The van der Waals surface area contributed by atoms with E-state index < -0.39 is 0 Å². The third-order valence-corrected chi connectivity index (χ3v) is 3.96. The molecule has 1 aliphatic rings. The second-order valence-electron chi connectivity index (χ2n) is 5.67. The molecule has 0 radical (unpaired) electrons. The van der Waals surface area contributed by atoms with E-state index in [1.54, 1.807) is 18.5 Å². The average molecular weight is 296 g/mol. The van der Waals surface area contributed by atoms with Crippen LogP contribution >= 0.6 is 0 Å². The van der Waals surface area contributed by atoms with Crippen molar-refractivity contribution in [1.82, 2.24) is 14.9 Å². The van der Waals surface area contributed by atoms with Gasteiger partial charge >= 0.3 is 0 Å². The van der Waals surface area contributed by atoms with Crippen molar-refractivity contribution in [2.45, 2.75) is 13.8 Å². The lowest BCUT2D eigenvalue weighted by Crippen LogP contribution is -2.49. The SMILES string of the molecule is Cc1cnc(N2CCN(C(=O)c3cccnc3)CC2)c(C)c1. The predicted octanol–water partition coefficient (Wildman–Crippen LogP) is 2.06. The lowest BCUT2D eigenvalue weighted by Gasteiger charge is -2.36. The number of hydrogen-bond donors (Lipinski definition) is 0. The summed E-state index contributed by atoms with van der Waals surface area (Å²) in [5, 5.41) is 0. The van der Waals surface area contributed by atoms with E-state index in [2.05, 4.69) is 27.9 Å². The summed E-state index contributed by atoms with van der Waals surface area (Å²) >= 11 is 0. The van der Waals surface area contributed by atoms with Crippen molar-refractivity contribution < 1.29 is 4.79 Å². The van der Waals surface area contributed by atoms with E-state index >= 15 is 0 Å². The monoisotopic (exact) mass is 296 g/mol. The highest BCUT2D eigenvalue weighted by Crippen LogP contribution is 2.19. The molecule has 22 heavy (non-hydrogen) atoms. The van der Waals surface area contributed by atoms with Gasteiger partial charge < -0.3 is 9.80 Å². The second kappa shape index (κ2) is 6.13. The fourth-order valence-electron chi connectivity index (χ4n) is 2.83. The van der Waals surface area contributed by atoms with Crippen molar-refractivity contribution in [1.29, 1.82) is 0 Å². The molecule has 0 bridgehead atoms. The maximum atomic E-state index is 12.4. The Kier molecular flexibility index (Phi) is 4.04. The highest BCUT2D eigenvalue weighted by molar-refractivity contribution is 5.94. The first-order valence-corrected chi connectivity index (χ1v) is 7.52. The summed E-state index contributed by atoms with van der Waals surface area (Å²) in [5.74, 6) is 1.08. The minimum atomic E-state index is 0.0568. The van der Waals surface area contributed by atoms with E-state index in [9.17, 15) is 4.79 Å². The molecule has 3 rings (SSSR count). The number of amides is 1. The molecule has 1 saturated heterocycles. The van der Waals surface area contributed by atoms with Crippen molar-refractivity contribution in [3.05, 3.63) is 53.5 Å². The van der Waals surface area contributed by atoms with Gasteiger partial charge in [-0.25, -0.2) is 4.98 Å². The first-order chi connectivity index (χ1) is 10.6. The zero-order chi connectivity index (χ0) is 15.5. The minimum absolute atomic E-state index is 0.0568.